The number of para-hydroxylation sites is 1. The van der Waals surface area contributed by atoms with Gasteiger partial charge in [0.15, 0.2) is 0 Å². The predicted molar refractivity (Wildman–Crippen MR) is 82.0 cm³/mol. The molecule has 0 bridgehead atoms. The summed E-state index contributed by atoms with van der Waals surface area (Å²) in [6, 6.07) is 8.67. The molecule has 1 aliphatic heterocycles. The molecule has 2 heterocycles. The van der Waals surface area contributed by atoms with Crippen LogP contribution in [0.25, 0.3) is 10.9 Å². The van der Waals surface area contributed by atoms with Crippen LogP contribution in [0.5, 0.6) is 0 Å². The van der Waals surface area contributed by atoms with Gasteiger partial charge in [0.1, 0.15) is 0 Å². The van der Waals surface area contributed by atoms with Gasteiger partial charge in [-0.2, -0.15) is 0 Å². The summed E-state index contributed by atoms with van der Waals surface area (Å²) in [6.07, 6.45) is 2.29. The SMILES string of the molecule is CNCc1cn(CCN2CCOCC2)c2ccccc12. The molecule has 1 aromatic carbocycles. The fraction of sp³-hybridized carbons (Fsp3) is 0.500. The van der Waals surface area contributed by atoms with Gasteiger partial charge in [0, 0.05) is 49.8 Å². The van der Waals surface area contributed by atoms with E-state index in [1.54, 1.807) is 0 Å². The summed E-state index contributed by atoms with van der Waals surface area (Å²) >= 11 is 0. The van der Waals surface area contributed by atoms with Crippen molar-refractivity contribution in [2.24, 2.45) is 0 Å². The van der Waals surface area contributed by atoms with Gasteiger partial charge in [-0.05, 0) is 18.7 Å². The molecule has 0 aliphatic carbocycles. The number of hydrogen-bond donors (Lipinski definition) is 1. The molecule has 2 aromatic rings. The average Bonchev–Trinajstić information content (AvgIpc) is 2.85. The fourth-order valence-corrected chi connectivity index (χ4v) is 2.91. The molecule has 1 fully saturated rings. The zero-order valence-electron chi connectivity index (χ0n) is 12.1. The van der Waals surface area contributed by atoms with Gasteiger partial charge < -0.3 is 14.6 Å². The number of fused-ring (bicyclic) bond motifs is 1. The average molecular weight is 273 g/mol. The molecule has 1 aliphatic rings. The van der Waals surface area contributed by atoms with Crippen molar-refractivity contribution >= 4 is 10.9 Å². The number of morpholine rings is 1. The van der Waals surface area contributed by atoms with Gasteiger partial charge in [-0.1, -0.05) is 18.2 Å². The largest absolute Gasteiger partial charge is 0.379 e. The lowest BCUT2D eigenvalue weighted by atomic mass is 10.2. The Balaban J connectivity index is 1.76. The van der Waals surface area contributed by atoms with Crippen molar-refractivity contribution in [3.05, 3.63) is 36.0 Å². The van der Waals surface area contributed by atoms with Gasteiger partial charge in [-0.25, -0.2) is 0 Å². The maximum atomic E-state index is 5.40. The molecule has 0 atom stereocenters. The second-order valence-corrected chi connectivity index (χ2v) is 5.35. The van der Waals surface area contributed by atoms with Crippen LogP contribution in [0.1, 0.15) is 5.56 Å². The smallest absolute Gasteiger partial charge is 0.0594 e. The van der Waals surface area contributed by atoms with Crippen LogP contribution in [0, 0.1) is 0 Å². The van der Waals surface area contributed by atoms with Crippen LogP contribution in [0.2, 0.25) is 0 Å². The first kappa shape index (κ1) is 13.6. The van der Waals surface area contributed by atoms with E-state index in [0.29, 0.717) is 0 Å². The van der Waals surface area contributed by atoms with Crippen molar-refractivity contribution in [2.75, 3.05) is 39.9 Å². The highest BCUT2D eigenvalue weighted by atomic mass is 16.5. The van der Waals surface area contributed by atoms with E-state index < -0.39 is 0 Å². The quantitative estimate of drug-likeness (QED) is 0.899. The summed E-state index contributed by atoms with van der Waals surface area (Å²) in [4.78, 5) is 2.48. The van der Waals surface area contributed by atoms with Crippen LogP contribution < -0.4 is 5.32 Å². The molecule has 1 saturated heterocycles. The summed E-state index contributed by atoms with van der Waals surface area (Å²) in [5.74, 6) is 0. The highest BCUT2D eigenvalue weighted by molar-refractivity contribution is 5.83. The first-order chi connectivity index (χ1) is 9.88. The van der Waals surface area contributed by atoms with Crippen molar-refractivity contribution in [1.29, 1.82) is 0 Å². The summed E-state index contributed by atoms with van der Waals surface area (Å²) in [7, 11) is 2.00. The first-order valence-corrected chi connectivity index (χ1v) is 7.40. The molecule has 3 rings (SSSR count). The van der Waals surface area contributed by atoms with Gasteiger partial charge in [0.25, 0.3) is 0 Å². The normalized spacial score (nSPS) is 16.9. The third-order valence-electron chi connectivity index (χ3n) is 4.00. The van der Waals surface area contributed by atoms with Crippen LogP contribution in [-0.4, -0.2) is 49.4 Å². The Morgan fingerprint density at radius 1 is 1.15 bits per heavy atom. The summed E-state index contributed by atoms with van der Waals surface area (Å²) < 4.78 is 7.79. The number of ether oxygens (including phenoxy) is 1. The number of rotatable bonds is 5. The molecule has 0 radical (unpaired) electrons. The van der Waals surface area contributed by atoms with Crippen molar-refractivity contribution in [1.82, 2.24) is 14.8 Å². The van der Waals surface area contributed by atoms with Gasteiger partial charge in [0.05, 0.1) is 13.2 Å². The van der Waals surface area contributed by atoms with Crippen molar-refractivity contribution in [3.63, 3.8) is 0 Å². The minimum atomic E-state index is 0.872. The Bertz CT molecular complexity index is 558. The van der Waals surface area contributed by atoms with Crippen LogP contribution in [-0.2, 0) is 17.8 Å². The summed E-state index contributed by atoms with van der Waals surface area (Å²) in [5.41, 5.74) is 2.72. The zero-order chi connectivity index (χ0) is 13.8. The Morgan fingerprint density at radius 2 is 1.95 bits per heavy atom. The fourth-order valence-electron chi connectivity index (χ4n) is 2.91. The molecule has 1 N–H and O–H groups in total. The summed E-state index contributed by atoms with van der Waals surface area (Å²) in [6.45, 7) is 6.93. The Labute approximate surface area is 120 Å². The molecule has 4 heteroatoms. The Hall–Kier alpha value is -1.36. The molecule has 0 spiro atoms. The monoisotopic (exact) mass is 273 g/mol. The second kappa shape index (κ2) is 6.39. The van der Waals surface area contributed by atoms with E-state index in [-0.39, 0.29) is 0 Å². The molecule has 0 amide bonds. The lowest BCUT2D eigenvalue weighted by Crippen LogP contribution is -2.38. The van der Waals surface area contributed by atoms with Crippen LogP contribution in [0.3, 0.4) is 0 Å². The number of hydrogen-bond acceptors (Lipinski definition) is 3. The maximum Gasteiger partial charge on any atom is 0.0594 e. The molecule has 0 saturated carbocycles. The number of benzene rings is 1. The van der Waals surface area contributed by atoms with E-state index in [1.807, 2.05) is 7.05 Å². The number of nitrogens with one attached hydrogen (secondary N) is 1. The van der Waals surface area contributed by atoms with Crippen molar-refractivity contribution < 1.29 is 4.74 Å². The molecule has 4 nitrogen and oxygen atoms in total. The van der Waals surface area contributed by atoms with E-state index in [9.17, 15) is 0 Å². The lowest BCUT2D eigenvalue weighted by Gasteiger charge is -2.26. The van der Waals surface area contributed by atoms with Crippen LogP contribution in [0.4, 0.5) is 0 Å². The molecule has 1 aromatic heterocycles. The Morgan fingerprint density at radius 3 is 2.75 bits per heavy atom. The van der Waals surface area contributed by atoms with E-state index >= 15 is 0 Å². The first-order valence-electron chi connectivity index (χ1n) is 7.40. The van der Waals surface area contributed by atoms with Gasteiger partial charge in [0.2, 0.25) is 0 Å². The lowest BCUT2D eigenvalue weighted by molar-refractivity contribution is 0.0365. The highest BCUT2D eigenvalue weighted by Gasteiger charge is 2.12. The third-order valence-corrected chi connectivity index (χ3v) is 4.00. The number of nitrogens with zero attached hydrogens (tertiary/aromatic N) is 2. The van der Waals surface area contributed by atoms with Crippen molar-refractivity contribution in [2.45, 2.75) is 13.1 Å². The maximum absolute atomic E-state index is 5.40. The minimum Gasteiger partial charge on any atom is -0.379 e. The van der Waals surface area contributed by atoms with Crippen molar-refractivity contribution in [3.8, 4) is 0 Å². The summed E-state index contributed by atoms with van der Waals surface area (Å²) in [5, 5.41) is 4.62. The van der Waals surface area contributed by atoms with Gasteiger partial charge >= 0.3 is 0 Å². The zero-order valence-corrected chi connectivity index (χ0v) is 12.1. The standard InChI is InChI=1S/C16H23N3O/c1-17-12-14-13-19(16-5-3-2-4-15(14)16)7-6-18-8-10-20-11-9-18/h2-5,13,17H,6-12H2,1H3. The molecule has 108 valence electrons. The molecule has 0 unspecified atom stereocenters. The number of aromatic nitrogens is 1. The van der Waals surface area contributed by atoms with Crippen LogP contribution >= 0.6 is 0 Å². The topological polar surface area (TPSA) is 29.4 Å². The van der Waals surface area contributed by atoms with Gasteiger partial charge in [-0.3, -0.25) is 4.90 Å². The minimum absolute atomic E-state index is 0.872. The Kier molecular flexibility index (Phi) is 4.35. The van der Waals surface area contributed by atoms with Crippen LogP contribution in [0.15, 0.2) is 30.5 Å². The predicted octanol–water partition coefficient (Wildman–Crippen LogP) is 1.69. The van der Waals surface area contributed by atoms with Gasteiger partial charge in [-0.15, -0.1) is 0 Å². The highest BCUT2D eigenvalue weighted by Crippen LogP contribution is 2.21. The molecular formula is C16H23N3O. The van der Waals surface area contributed by atoms with E-state index in [0.717, 1.165) is 45.9 Å². The molecule has 20 heavy (non-hydrogen) atoms. The van der Waals surface area contributed by atoms with E-state index in [1.165, 1.54) is 16.5 Å². The van der Waals surface area contributed by atoms with E-state index in [2.05, 4.69) is 45.2 Å². The third kappa shape index (κ3) is 2.87. The second-order valence-electron chi connectivity index (χ2n) is 5.35. The van der Waals surface area contributed by atoms with E-state index in [4.69, 9.17) is 4.74 Å². The molecular weight excluding hydrogens is 250 g/mol.